The van der Waals surface area contributed by atoms with Gasteiger partial charge in [0.1, 0.15) is 6.04 Å². The van der Waals surface area contributed by atoms with E-state index in [0.717, 1.165) is 28.8 Å². The molecular formula is C31H27F3N2O2. The van der Waals surface area contributed by atoms with Crippen molar-refractivity contribution in [1.82, 2.24) is 5.32 Å². The van der Waals surface area contributed by atoms with Gasteiger partial charge in [-0.3, -0.25) is 9.59 Å². The maximum Gasteiger partial charge on any atom is 0.416 e. The molecule has 0 aliphatic carbocycles. The van der Waals surface area contributed by atoms with Gasteiger partial charge in [0.2, 0.25) is 11.8 Å². The zero-order valence-electron chi connectivity index (χ0n) is 20.5. The quantitative estimate of drug-likeness (QED) is 0.283. The van der Waals surface area contributed by atoms with Crippen LogP contribution in [0.2, 0.25) is 0 Å². The molecule has 4 aromatic carbocycles. The molecule has 0 spiro atoms. The highest BCUT2D eigenvalue weighted by molar-refractivity contribution is 5.88. The van der Waals surface area contributed by atoms with Crippen LogP contribution in [0.1, 0.15) is 34.2 Å². The molecule has 0 aliphatic heterocycles. The Morgan fingerprint density at radius 2 is 1.13 bits per heavy atom. The van der Waals surface area contributed by atoms with E-state index in [1.807, 2.05) is 91.0 Å². The first-order chi connectivity index (χ1) is 18.2. The summed E-state index contributed by atoms with van der Waals surface area (Å²) in [5.41, 5.74) is 6.72. The molecule has 1 atom stereocenters. The third-order valence-electron chi connectivity index (χ3n) is 6.60. The number of carbonyl (C=O) groups excluding carboxylic acids is 2. The SMILES string of the molecule is NC(=O)[C@@H](Cc1cccc(C(F)(F)F)c1)NC(=O)CC(c1ccccc1)(c1ccccc1)c1ccccc1. The number of hydrogen-bond donors (Lipinski definition) is 2. The number of nitrogens with one attached hydrogen (secondary N) is 1. The number of primary amides is 1. The van der Waals surface area contributed by atoms with Gasteiger partial charge in [-0.25, -0.2) is 0 Å². The minimum Gasteiger partial charge on any atom is -0.368 e. The first-order valence-corrected chi connectivity index (χ1v) is 12.1. The molecule has 0 fully saturated rings. The summed E-state index contributed by atoms with van der Waals surface area (Å²) in [6.07, 6.45) is -4.75. The van der Waals surface area contributed by atoms with Gasteiger partial charge in [0, 0.05) is 12.8 Å². The molecule has 0 aliphatic rings. The van der Waals surface area contributed by atoms with Crippen LogP contribution in [0.15, 0.2) is 115 Å². The van der Waals surface area contributed by atoms with Crippen molar-refractivity contribution in [2.75, 3.05) is 0 Å². The van der Waals surface area contributed by atoms with Gasteiger partial charge in [-0.15, -0.1) is 0 Å². The first-order valence-electron chi connectivity index (χ1n) is 12.1. The van der Waals surface area contributed by atoms with Crippen molar-refractivity contribution in [3.8, 4) is 0 Å². The second-order valence-electron chi connectivity index (χ2n) is 9.10. The van der Waals surface area contributed by atoms with Gasteiger partial charge in [-0.2, -0.15) is 13.2 Å². The predicted molar refractivity (Wildman–Crippen MR) is 140 cm³/mol. The molecule has 0 aromatic heterocycles. The molecule has 4 aromatic rings. The number of benzene rings is 4. The van der Waals surface area contributed by atoms with Crippen LogP contribution in [0.4, 0.5) is 13.2 Å². The highest BCUT2D eigenvalue weighted by Crippen LogP contribution is 2.42. The van der Waals surface area contributed by atoms with E-state index in [-0.39, 0.29) is 18.4 Å². The van der Waals surface area contributed by atoms with E-state index in [1.54, 1.807) is 0 Å². The van der Waals surface area contributed by atoms with Gasteiger partial charge < -0.3 is 11.1 Å². The van der Waals surface area contributed by atoms with Crippen molar-refractivity contribution in [3.63, 3.8) is 0 Å². The summed E-state index contributed by atoms with van der Waals surface area (Å²) < 4.78 is 39.5. The van der Waals surface area contributed by atoms with Gasteiger partial charge >= 0.3 is 6.18 Å². The summed E-state index contributed by atoms with van der Waals surface area (Å²) in [4.78, 5) is 25.9. The monoisotopic (exact) mass is 516 g/mol. The van der Waals surface area contributed by atoms with E-state index >= 15 is 0 Å². The Hall–Kier alpha value is -4.39. The van der Waals surface area contributed by atoms with Crippen LogP contribution < -0.4 is 11.1 Å². The van der Waals surface area contributed by atoms with Crippen LogP contribution in [0.25, 0.3) is 0 Å². The molecule has 194 valence electrons. The molecule has 0 saturated heterocycles. The Kier molecular flexibility index (Phi) is 7.96. The smallest absolute Gasteiger partial charge is 0.368 e. The van der Waals surface area contributed by atoms with E-state index in [4.69, 9.17) is 5.73 Å². The van der Waals surface area contributed by atoms with Crippen molar-refractivity contribution >= 4 is 11.8 Å². The Balaban J connectivity index is 1.70. The van der Waals surface area contributed by atoms with Gasteiger partial charge in [0.15, 0.2) is 0 Å². The molecular weight excluding hydrogens is 489 g/mol. The molecule has 2 amide bonds. The third-order valence-corrected chi connectivity index (χ3v) is 6.60. The van der Waals surface area contributed by atoms with Gasteiger partial charge in [-0.1, -0.05) is 109 Å². The fourth-order valence-electron chi connectivity index (χ4n) is 4.79. The standard InChI is InChI=1S/C31H27F3N2O2/c32-31(33,34)26-18-10-11-22(19-26)20-27(29(35)38)36-28(37)21-30(23-12-4-1-5-13-23,24-14-6-2-7-15-24)25-16-8-3-9-17-25/h1-19,27H,20-21H2,(H2,35,38)(H,36,37)/t27-/m1/s1. The molecule has 0 heterocycles. The van der Waals surface area contributed by atoms with Crippen molar-refractivity contribution in [1.29, 1.82) is 0 Å². The number of alkyl halides is 3. The van der Waals surface area contributed by atoms with Crippen molar-refractivity contribution < 1.29 is 22.8 Å². The summed E-state index contributed by atoms with van der Waals surface area (Å²) in [5, 5.41) is 2.69. The number of amides is 2. The maximum absolute atomic E-state index is 13.6. The Labute approximate surface area is 219 Å². The minimum absolute atomic E-state index is 0.0581. The third kappa shape index (κ3) is 5.94. The molecule has 3 N–H and O–H groups in total. The Morgan fingerprint density at radius 1 is 0.684 bits per heavy atom. The highest BCUT2D eigenvalue weighted by Gasteiger charge is 2.39. The Morgan fingerprint density at radius 3 is 1.55 bits per heavy atom. The fourth-order valence-corrected chi connectivity index (χ4v) is 4.79. The summed E-state index contributed by atoms with van der Waals surface area (Å²) >= 11 is 0. The lowest BCUT2D eigenvalue weighted by molar-refractivity contribution is -0.137. The van der Waals surface area contributed by atoms with Crippen molar-refractivity contribution in [2.45, 2.75) is 30.5 Å². The zero-order chi connectivity index (χ0) is 27.2. The first kappa shape index (κ1) is 26.7. The fraction of sp³-hybridized carbons (Fsp3) is 0.161. The molecule has 0 radical (unpaired) electrons. The van der Waals surface area contributed by atoms with Crippen LogP contribution in [-0.4, -0.2) is 17.9 Å². The van der Waals surface area contributed by atoms with Gasteiger partial charge in [0.25, 0.3) is 0 Å². The second kappa shape index (κ2) is 11.3. The van der Waals surface area contributed by atoms with E-state index in [1.165, 1.54) is 12.1 Å². The van der Waals surface area contributed by atoms with Gasteiger partial charge in [0.05, 0.1) is 11.0 Å². The molecule has 4 rings (SSSR count). The van der Waals surface area contributed by atoms with Crippen molar-refractivity contribution in [3.05, 3.63) is 143 Å². The summed E-state index contributed by atoms with van der Waals surface area (Å²) in [6, 6.07) is 32.2. The lowest BCUT2D eigenvalue weighted by Gasteiger charge is -2.36. The number of hydrogen-bond acceptors (Lipinski definition) is 2. The van der Waals surface area contributed by atoms with Crippen LogP contribution >= 0.6 is 0 Å². The molecule has 4 nitrogen and oxygen atoms in total. The van der Waals surface area contributed by atoms with Crippen LogP contribution in [0, 0.1) is 0 Å². The highest BCUT2D eigenvalue weighted by atomic mass is 19.4. The number of carbonyl (C=O) groups is 2. The lowest BCUT2D eigenvalue weighted by Crippen LogP contribution is -2.48. The molecule has 0 bridgehead atoms. The van der Waals surface area contributed by atoms with E-state index in [2.05, 4.69) is 5.32 Å². The zero-order valence-corrected chi connectivity index (χ0v) is 20.5. The summed E-state index contributed by atoms with van der Waals surface area (Å²) in [6.45, 7) is 0. The van der Waals surface area contributed by atoms with Crippen LogP contribution in [0.5, 0.6) is 0 Å². The van der Waals surface area contributed by atoms with Crippen LogP contribution in [-0.2, 0) is 27.6 Å². The summed E-state index contributed by atoms with van der Waals surface area (Å²) in [7, 11) is 0. The predicted octanol–water partition coefficient (Wildman–Crippen LogP) is 5.64. The Bertz CT molecular complexity index is 1280. The number of rotatable bonds is 9. The number of halogens is 3. The largest absolute Gasteiger partial charge is 0.416 e. The molecule has 38 heavy (non-hydrogen) atoms. The molecule has 7 heteroatoms. The molecule has 0 saturated carbocycles. The molecule has 0 unspecified atom stereocenters. The normalized spacial score (nSPS) is 12.5. The van der Waals surface area contributed by atoms with E-state index in [9.17, 15) is 22.8 Å². The minimum atomic E-state index is -4.53. The topological polar surface area (TPSA) is 72.2 Å². The average molecular weight is 517 g/mol. The van der Waals surface area contributed by atoms with E-state index < -0.39 is 35.0 Å². The van der Waals surface area contributed by atoms with Crippen molar-refractivity contribution in [2.24, 2.45) is 5.73 Å². The summed E-state index contributed by atoms with van der Waals surface area (Å²) in [5.74, 6) is -1.29. The average Bonchev–Trinajstić information content (AvgIpc) is 2.92. The lowest BCUT2D eigenvalue weighted by atomic mass is 9.67. The maximum atomic E-state index is 13.6. The second-order valence-corrected chi connectivity index (χ2v) is 9.10. The van der Waals surface area contributed by atoms with E-state index in [0.29, 0.717) is 0 Å². The number of nitrogens with two attached hydrogens (primary N) is 1. The van der Waals surface area contributed by atoms with Gasteiger partial charge in [-0.05, 0) is 28.3 Å². The van der Waals surface area contributed by atoms with Crippen LogP contribution in [0.3, 0.4) is 0 Å².